The van der Waals surface area contributed by atoms with E-state index in [0.717, 1.165) is 52.1 Å². The van der Waals surface area contributed by atoms with Gasteiger partial charge in [-0.1, -0.05) is 0 Å². The molecule has 1 fully saturated rings. The highest BCUT2D eigenvalue weighted by atomic mass is 19.4. The van der Waals surface area contributed by atoms with Crippen LogP contribution in [-0.2, 0) is 50.4 Å². The predicted molar refractivity (Wildman–Crippen MR) is 139 cm³/mol. The number of aliphatic carboxylic acids is 3. The predicted octanol–water partition coefficient (Wildman–Crippen LogP) is 3.69. The molecule has 0 spiro atoms. The van der Waals surface area contributed by atoms with Crippen molar-refractivity contribution >= 4 is 17.9 Å². The summed E-state index contributed by atoms with van der Waals surface area (Å²) in [5.41, 5.74) is 3.96. The van der Waals surface area contributed by atoms with Gasteiger partial charge in [0.2, 0.25) is 0 Å². The van der Waals surface area contributed by atoms with E-state index in [1.54, 1.807) is 7.11 Å². The maximum absolute atomic E-state index is 10.6. The van der Waals surface area contributed by atoms with Crippen molar-refractivity contribution in [2.45, 2.75) is 56.9 Å². The summed E-state index contributed by atoms with van der Waals surface area (Å²) in [6, 6.07) is 0.242. The lowest BCUT2D eigenvalue weighted by Crippen LogP contribution is -2.38. The summed E-state index contributed by atoms with van der Waals surface area (Å²) < 4.78 is 110. The third kappa shape index (κ3) is 14.6. The van der Waals surface area contributed by atoms with Crippen molar-refractivity contribution in [2.24, 2.45) is 13.0 Å². The average molecular weight is 702 g/mol. The quantitative estimate of drug-likeness (QED) is 0.376. The van der Waals surface area contributed by atoms with E-state index in [1.165, 1.54) is 16.8 Å². The second-order valence-corrected chi connectivity index (χ2v) is 9.92. The fraction of sp³-hybridized carbons (Fsp3) is 0.640. The number of carbonyl (C=O) groups is 3. The molecular weight excluding hydrogens is 669 g/mol. The molecule has 4 rings (SSSR count). The van der Waals surface area contributed by atoms with E-state index in [4.69, 9.17) is 44.3 Å². The van der Waals surface area contributed by atoms with Gasteiger partial charge in [-0.3, -0.25) is 14.3 Å². The standard InChI is InChI=1S/C19H29N5O2.3C2HF3O2/c1-22-11-16(9-20-22)12-23-6-3-17-10-21-24(19(17)18(23)14-25-2)13-15-4-7-26-8-5-15;3*3-2(4,5)1(6)7/h9-11,15,18H,3-8,12-14H2,1-2H3;3*(H,6,7). The van der Waals surface area contributed by atoms with E-state index in [0.29, 0.717) is 12.5 Å². The lowest BCUT2D eigenvalue weighted by Gasteiger charge is -2.36. The van der Waals surface area contributed by atoms with Crippen LogP contribution in [0.5, 0.6) is 0 Å². The van der Waals surface area contributed by atoms with Gasteiger partial charge in [0.25, 0.3) is 0 Å². The minimum absolute atomic E-state index is 0.242. The Morgan fingerprint density at radius 3 is 1.79 bits per heavy atom. The molecule has 2 aliphatic heterocycles. The number of fused-ring (bicyclic) bond motifs is 1. The van der Waals surface area contributed by atoms with E-state index < -0.39 is 36.4 Å². The Bertz CT molecular complexity index is 1230. The molecule has 2 aromatic rings. The van der Waals surface area contributed by atoms with Crippen LogP contribution in [0.15, 0.2) is 18.6 Å². The number of methoxy groups -OCH3 is 1. The number of ether oxygens (including phenoxy) is 2. The maximum Gasteiger partial charge on any atom is 0.490 e. The van der Waals surface area contributed by atoms with E-state index >= 15 is 0 Å². The molecule has 0 aromatic carbocycles. The third-order valence-corrected chi connectivity index (χ3v) is 6.35. The smallest absolute Gasteiger partial charge is 0.475 e. The average Bonchev–Trinajstić information content (AvgIpc) is 3.55. The molecule has 0 bridgehead atoms. The van der Waals surface area contributed by atoms with Gasteiger partial charge >= 0.3 is 36.4 Å². The van der Waals surface area contributed by atoms with Crippen molar-refractivity contribution in [2.75, 3.05) is 33.5 Å². The summed E-state index contributed by atoms with van der Waals surface area (Å²) in [6.07, 6.45) is -5.83. The molecule has 47 heavy (non-hydrogen) atoms. The van der Waals surface area contributed by atoms with Crippen LogP contribution in [0.25, 0.3) is 0 Å². The van der Waals surface area contributed by atoms with Crippen molar-refractivity contribution in [1.82, 2.24) is 24.5 Å². The topological polar surface area (TPSA) is 169 Å². The van der Waals surface area contributed by atoms with Crippen molar-refractivity contribution < 1.29 is 78.7 Å². The normalized spacial score (nSPS) is 17.1. The van der Waals surface area contributed by atoms with Crippen molar-refractivity contribution in [3.63, 3.8) is 0 Å². The number of carboxylic acids is 3. The second-order valence-electron chi connectivity index (χ2n) is 9.92. The molecule has 1 saturated heterocycles. The molecule has 0 radical (unpaired) electrons. The second kappa shape index (κ2) is 17.8. The van der Waals surface area contributed by atoms with Gasteiger partial charge in [0.05, 0.1) is 30.7 Å². The van der Waals surface area contributed by atoms with Crippen LogP contribution in [0.4, 0.5) is 39.5 Å². The van der Waals surface area contributed by atoms with Gasteiger partial charge in [-0.05, 0) is 30.7 Å². The SMILES string of the molecule is COCC1c2c(cnn2CC2CCOCC2)CCN1Cc1cnn(C)c1.O=C(O)C(F)(F)F.O=C(O)C(F)(F)F.O=C(O)C(F)(F)F. The van der Waals surface area contributed by atoms with Crippen LogP contribution >= 0.6 is 0 Å². The number of aryl methyl sites for hydroxylation is 1. The highest BCUT2D eigenvalue weighted by molar-refractivity contribution is 5.73. The molecule has 22 heteroatoms. The van der Waals surface area contributed by atoms with Gasteiger partial charge in [-0.2, -0.15) is 49.7 Å². The largest absolute Gasteiger partial charge is 0.490 e. The summed E-state index contributed by atoms with van der Waals surface area (Å²) in [6.45, 7) is 5.35. The van der Waals surface area contributed by atoms with Gasteiger partial charge in [-0.15, -0.1) is 0 Å². The number of hydrogen-bond acceptors (Lipinski definition) is 8. The molecule has 4 heterocycles. The Hall–Kier alpha value is -3.92. The minimum atomic E-state index is -5.08. The third-order valence-electron chi connectivity index (χ3n) is 6.35. The highest BCUT2D eigenvalue weighted by Gasteiger charge is 2.39. The molecule has 0 saturated carbocycles. The minimum Gasteiger partial charge on any atom is -0.475 e. The number of nitrogens with zero attached hydrogens (tertiary/aromatic N) is 5. The Kier molecular flexibility index (Phi) is 15.6. The van der Waals surface area contributed by atoms with Crippen molar-refractivity contribution in [1.29, 1.82) is 0 Å². The van der Waals surface area contributed by atoms with E-state index in [9.17, 15) is 39.5 Å². The molecule has 13 nitrogen and oxygen atoms in total. The van der Waals surface area contributed by atoms with Crippen LogP contribution in [0.1, 0.15) is 35.7 Å². The Morgan fingerprint density at radius 2 is 1.38 bits per heavy atom. The van der Waals surface area contributed by atoms with Crippen LogP contribution in [0, 0.1) is 5.92 Å². The number of carboxylic acid groups (broad SMARTS) is 3. The number of rotatable bonds is 6. The summed E-state index contributed by atoms with van der Waals surface area (Å²) >= 11 is 0. The molecule has 2 aromatic heterocycles. The number of hydrogen-bond donors (Lipinski definition) is 3. The van der Waals surface area contributed by atoms with E-state index in [-0.39, 0.29) is 6.04 Å². The lowest BCUT2D eigenvalue weighted by molar-refractivity contribution is -0.193. The number of halogens is 9. The highest BCUT2D eigenvalue weighted by Crippen LogP contribution is 2.32. The maximum atomic E-state index is 10.6. The first kappa shape index (κ1) is 41.1. The monoisotopic (exact) mass is 701 g/mol. The van der Waals surface area contributed by atoms with Crippen LogP contribution in [0.3, 0.4) is 0 Å². The van der Waals surface area contributed by atoms with Gasteiger partial charge in [0.15, 0.2) is 0 Å². The van der Waals surface area contributed by atoms with Crippen molar-refractivity contribution in [3.05, 3.63) is 35.4 Å². The number of aromatic nitrogens is 4. The summed E-state index contributed by atoms with van der Waals surface area (Å²) in [7, 11) is 3.75. The zero-order valence-electron chi connectivity index (χ0n) is 24.8. The Labute approximate surface area is 260 Å². The van der Waals surface area contributed by atoms with Crippen LogP contribution in [-0.4, -0.2) is 110 Å². The van der Waals surface area contributed by atoms with Gasteiger partial charge in [0, 0.05) is 58.8 Å². The molecule has 1 unspecified atom stereocenters. The van der Waals surface area contributed by atoms with E-state index in [2.05, 4.69) is 27.1 Å². The Balaban J connectivity index is 0.000000430. The first-order valence-electron chi connectivity index (χ1n) is 13.3. The molecule has 3 N–H and O–H groups in total. The lowest BCUT2D eigenvalue weighted by atomic mass is 9.97. The molecule has 0 aliphatic carbocycles. The first-order valence-corrected chi connectivity index (χ1v) is 13.3. The fourth-order valence-electron chi connectivity index (χ4n) is 4.24. The van der Waals surface area contributed by atoms with Crippen LogP contribution < -0.4 is 0 Å². The molecule has 1 atom stereocenters. The fourth-order valence-corrected chi connectivity index (χ4v) is 4.24. The molecule has 2 aliphatic rings. The summed E-state index contributed by atoms with van der Waals surface area (Å²) in [5, 5.41) is 30.4. The summed E-state index contributed by atoms with van der Waals surface area (Å²) in [5.74, 6) is -7.61. The molecular formula is C25H32F9N5O8. The zero-order valence-corrected chi connectivity index (χ0v) is 24.8. The Morgan fingerprint density at radius 1 is 0.894 bits per heavy atom. The van der Waals surface area contributed by atoms with E-state index in [1.807, 2.05) is 17.9 Å². The van der Waals surface area contributed by atoms with Gasteiger partial charge in [-0.25, -0.2) is 14.4 Å². The molecule has 268 valence electrons. The van der Waals surface area contributed by atoms with Gasteiger partial charge in [0.1, 0.15) is 0 Å². The number of alkyl halides is 9. The summed E-state index contributed by atoms with van der Waals surface area (Å²) in [4.78, 5) is 29.2. The zero-order chi connectivity index (χ0) is 36.2. The first-order chi connectivity index (χ1) is 21.6. The van der Waals surface area contributed by atoms with Crippen LogP contribution in [0.2, 0.25) is 0 Å². The molecule has 0 amide bonds. The van der Waals surface area contributed by atoms with Gasteiger partial charge < -0.3 is 24.8 Å². The van der Waals surface area contributed by atoms with Crippen molar-refractivity contribution in [3.8, 4) is 0 Å².